The minimum atomic E-state index is -0.127. The van der Waals surface area contributed by atoms with Crippen LogP contribution in [0.1, 0.15) is 46.5 Å². The zero-order chi connectivity index (χ0) is 14.4. The minimum Gasteiger partial charge on any atom is -0.378 e. The molecule has 0 aliphatic heterocycles. The van der Waals surface area contributed by atoms with Crippen molar-refractivity contribution < 1.29 is 9.53 Å². The Morgan fingerprint density at radius 3 is 2.37 bits per heavy atom. The Hall–Kier alpha value is -0.610. The summed E-state index contributed by atoms with van der Waals surface area (Å²) < 4.78 is 5.63. The van der Waals surface area contributed by atoms with Crippen LogP contribution in [-0.4, -0.2) is 42.6 Å². The first-order chi connectivity index (χ1) is 8.73. The van der Waals surface area contributed by atoms with Gasteiger partial charge in [-0.25, -0.2) is 0 Å². The number of nitrogens with zero attached hydrogens (tertiary/aromatic N) is 1. The van der Waals surface area contributed by atoms with E-state index < -0.39 is 0 Å². The molecule has 1 amide bonds. The predicted molar refractivity (Wildman–Crippen MR) is 75.7 cm³/mol. The summed E-state index contributed by atoms with van der Waals surface area (Å²) in [5, 5.41) is 0. The van der Waals surface area contributed by atoms with Crippen molar-refractivity contribution >= 4 is 5.91 Å². The monoisotopic (exact) mass is 268 g/mol. The van der Waals surface area contributed by atoms with Gasteiger partial charge >= 0.3 is 0 Å². The van der Waals surface area contributed by atoms with E-state index in [1.807, 2.05) is 11.9 Å². The van der Waals surface area contributed by atoms with Gasteiger partial charge in [0.15, 0.2) is 0 Å². The van der Waals surface area contributed by atoms with Crippen LogP contribution in [0.2, 0.25) is 0 Å². The van der Waals surface area contributed by atoms with Gasteiger partial charge < -0.3 is 15.4 Å². The molecule has 2 N–H and O–H groups in total. The number of hydrogen-bond donors (Lipinski definition) is 1. The smallest absolute Gasteiger partial charge is 0.225 e. The largest absolute Gasteiger partial charge is 0.378 e. The molecule has 4 nitrogen and oxygen atoms in total. The molecule has 19 heavy (non-hydrogen) atoms. The second kappa shape index (κ2) is 4.74. The lowest BCUT2D eigenvalue weighted by Gasteiger charge is -2.61. The fraction of sp³-hybridized carbons (Fsp3) is 0.933. The fourth-order valence-corrected chi connectivity index (χ4v) is 3.76. The summed E-state index contributed by atoms with van der Waals surface area (Å²) in [4.78, 5) is 14.5. The van der Waals surface area contributed by atoms with Crippen LogP contribution in [0.15, 0.2) is 0 Å². The molecule has 0 spiro atoms. The van der Waals surface area contributed by atoms with Gasteiger partial charge in [-0.3, -0.25) is 4.79 Å². The Morgan fingerprint density at radius 1 is 1.32 bits per heavy atom. The van der Waals surface area contributed by atoms with E-state index in [4.69, 9.17) is 10.5 Å². The highest BCUT2D eigenvalue weighted by Crippen LogP contribution is 2.53. The molecule has 0 aromatic heterocycles. The standard InChI is InChI=1S/C15H28N2O2/c1-14(2)12(9-15(14,3)19-5)17(4)13(18)10-6-7-11(16)8-10/h10-12H,6-9,16H2,1-5H3/t10-,11-,12+,15-/m1/s1. The van der Waals surface area contributed by atoms with Gasteiger partial charge in [-0.05, 0) is 32.6 Å². The Labute approximate surface area is 116 Å². The predicted octanol–water partition coefficient (Wildman–Crippen LogP) is 1.78. The van der Waals surface area contributed by atoms with Crippen molar-refractivity contribution in [3.05, 3.63) is 0 Å². The number of ether oxygens (including phenoxy) is 1. The molecule has 0 heterocycles. The number of carbonyl (C=O) groups is 1. The summed E-state index contributed by atoms with van der Waals surface area (Å²) in [6.07, 6.45) is 3.68. The van der Waals surface area contributed by atoms with Crippen molar-refractivity contribution in [1.29, 1.82) is 0 Å². The molecule has 0 aromatic carbocycles. The number of amides is 1. The van der Waals surface area contributed by atoms with Crippen molar-refractivity contribution in [2.24, 2.45) is 17.1 Å². The van der Waals surface area contributed by atoms with Crippen molar-refractivity contribution in [3.63, 3.8) is 0 Å². The molecule has 0 unspecified atom stereocenters. The third kappa shape index (κ3) is 2.19. The molecule has 0 saturated heterocycles. The van der Waals surface area contributed by atoms with E-state index in [9.17, 15) is 4.79 Å². The quantitative estimate of drug-likeness (QED) is 0.849. The molecule has 0 bridgehead atoms. The molecule has 2 aliphatic carbocycles. The van der Waals surface area contributed by atoms with Crippen LogP contribution >= 0.6 is 0 Å². The van der Waals surface area contributed by atoms with Crippen LogP contribution in [0.5, 0.6) is 0 Å². The Bertz CT molecular complexity index is 369. The van der Waals surface area contributed by atoms with Crippen LogP contribution in [0.4, 0.5) is 0 Å². The third-order valence-electron chi connectivity index (χ3n) is 5.87. The Kier molecular flexibility index (Phi) is 3.69. The molecule has 110 valence electrons. The number of nitrogens with two attached hydrogens (primary N) is 1. The second-order valence-corrected chi connectivity index (χ2v) is 7.10. The van der Waals surface area contributed by atoms with E-state index in [1.54, 1.807) is 7.11 Å². The van der Waals surface area contributed by atoms with E-state index >= 15 is 0 Å². The average Bonchev–Trinajstić information content (AvgIpc) is 2.80. The summed E-state index contributed by atoms with van der Waals surface area (Å²) in [6, 6.07) is 0.475. The SMILES string of the molecule is CO[C@]1(C)C[C@H](N(C)C(=O)[C@@H]2CC[C@@H](N)C2)C1(C)C. The van der Waals surface area contributed by atoms with E-state index in [0.29, 0.717) is 0 Å². The first-order valence-electron chi connectivity index (χ1n) is 7.30. The lowest BCUT2D eigenvalue weighted by Crippen LogP contribution is -2.69. The summed E-state index contributed by atoms with van der Waals surface area (Å²) in [7, 11) is 3.70. The summed E-state index contributed by atoms with van der Waals surface area (Å²) in [6.45, 7) is 6.51. The molecule has 2 aliphatic rings. The average molecular weight is 268 g/mol. The number of hydrogen-bond acceptors (Lipinski definition) is 3. The first kappa shape index (κ1) is 14.8. The highest BCUT2D eigenvalue weighted by Gasteiger charge is 2.60. The van der Waals surface area contributed by atoms with Gasteiger partial charge in [0, 0.05) is 37.6 Å². The summed E-state index contributed by atoms with van der Waals surface area (Å²) in [5.41, 5.74) is 5.78. The first-order valence-corrected chi connectivity index (χ1v) is 7.30. The fourth-order valence-electron chi connectivity index (χ4n) is 3.76. The normalized spacial score (nSPS) is 40.8. The third-order valence-corrected chi connectivity index (χ3v) is 5.87. The van der Waals surface area contributed by atoms with Gasteiger partial charge in [0.1, 0.15) is 0 Å². The topological polar surface area (TPSA) is 55.6 Å². The maximum Gasteiger partial charge on any atom is 0.225 e. The summed E-state index contributed by atoms with van der Waals surface area (Å²) >= 11 is 0. The number of methoxy groups -OCH3 is 1. The van der Waals surface area contributed by atoms with Crippen molar-refractivity contribution in [2.75, 3.05) is 14.2 Å². The maximum atomic E-state index is 12.5. The highest BCUT2D eigenvalue weighted by atomic mass is 16.5. The highest BCUT2D eigenvalue weighted by molar-refractivity contribution is 5.79. The molecule has 4 heteroatoms. The van der Waals surface area contributed by atoms with Crippen LogP contribution in [0.25, 0.3) is 0 Å². The molecular weight excluding hydrogens is 240 g/mol. The molecular formula is C15H28N2O2. The van der Waals surface area contributed by atoms with E-state index in [2.05, 4.69) is 20.8 Å². The molecule has 0 radical (unpaired) electrons. The molecule has 0 aromatic rings. The van der Waals surface area contributed by atoms with Crippen molar-refractivity contribution in [3.8, 4) is 0 Å². The Morgan fingerprint density at radius 2 is 1.95 bits per heavy atom. The van der Waals surface area contributed by atoms with Crippen LogP contribution in [0, 0.1) is 11.3 Å². The second-order valence-electron chi connectivity index (χ2n) is 7.10. The van der Waals surface area contributed by atoms with Crippen LogP contribution in [0.3, 0.4) is 0 Å². The molecule has 2 saturated carbocycles. The Balaban J connectivity index is 2.02. The lowest BCUT2D eigenvalue weighted by molar-refractivity contribution is -0.208. The van der Waals surface area contributed by atoms with Gasteiger partial charge in [0.25, 0.3) is 0 Å². The van der Waals surface area contributed by atoms with Crippen molar-refractivity contribution in [1.82, 2.24) is 4.90 Å². The number of carbonyl (C=O) groups excluding carboxylic acids is 1. The van der Waals surface area contributed by atoms with Gasteiger partial charge in [-0.15, -0.1) is 0 Å². The van der Waals surface area contributed by atoms with E-state index in [1.165, 1.54) is 0 Å². The zero-order valence-electron chi connectivity index (χ0n) is 12.9. The summed E-state index contributed by atoms with van der Waals surface area (Å²) in [5.74, 6) is 0.398. The zero-order valence-corrected chi connectivity index (χ0v) is 12.9. The number of rotatable bonds is 3. The van der Waals surface area contributed by atoms with Gasteiger partial charge in [-0.1, -0.05) is 13.8 Å². The molecule has 4 atom stereocenters. The van der Waals surface area contributed by atoms with E-state index in [-0.39, 0.29) is 34.9 Å². The van der Waals surface area contributed by atoms with Crippen LogP contribution < -0.4 is 5.73 Å². The van der Waals surface area contributed by atoms with Gasteiger partial charge in [0.05, 0.1) is 5.60 Å². The molecule has 2 fully saturated rings. The van der Waals surface area contributed by atoms with Crippen molar-refractivity contribution in [2.45, 2.75) is 64.1 Å². The maximum absolute atomic E-state index is 12.5. The minimum absolute atomic E-state index is 0.00706. The van der Waals surface area contributed by atoms with Crippen LogP contribution in [-0.2, 0) is 9.53 Å². The van der Waals surface area contributed by atoms with Gasteiger partial charge in [-0.2, -0.15) is 0 Å². The van der Waals surface area contributed by atoms with E-state index in [0.717, 1.165) is 25.7 Å². The molecule has 2 rings (SSSR count). The lowest BCUT2D eigenvalue weighted by atomic mass is 9.55. The van der Waals surface area contributed by atoms with Gasteiger partial charge in [0.2, 0.25) is 5.91 Å².